The number of nitriles is 1. The minimum atomic E-state index is -4.81. The first-order valence-corrected chi connectivity index (χ1v) is 11.1. The summed E-state index contributed by atoms with van der Waals surface area (Å²) in [5.41, 5.74) is 1.89. The normalized spacial score (nSPS) is 15.3. The summed E-state index contributed by atoms with van der Waals surface area (Å²) < 4.78 is 43.7. The van der Waals surface area contributed by atoms with Crippen molar-refractivity contribution in [1.82, 2.24) is 9.88 Å². The lowest BCUT2D eigenvalue weighted by Crippen LogP contribution is -2.42. The van der Waals surface area contributed by atoms with E-state index in [1.807, 2.05) is 0 Å². The minimum absolute atomic E-state index is 0.112. The van der Waals surface area contributed by atoms with Crippen molar-refractivity contribution >= 4 is 16.8 Å². The van der Waals surface area contributed by atoms with Crippen molar-refractivity contribution in [3.63, 3.8) is 0 Å². The van der Waals surface area contributed by atoms with Crippen LogP contribution in [0.5, 0.6) is 5.75 Å². The van der Waals surface area contributed by atoms with Crippen LogP contribution in [0.1, 0.15) is 47.3 Å². The first-order chi connectivity index (χ1) is 16.3. The molecule has 1 amide bonds. The van der Waals surface area contributed by atoms with E-state index in [0.717, 1.165) is 25.7 Å². The Bertz CT molecular complexity index is 1220. The van der Waals surface area contributed by atoms with Gasteiger partial charge in [0.05, 0.1) is 24.3 Å². The van der Waals surface area contributed by atoms with Crippen LogP contribution >= 0.6 is 0 Å². The standard InChI is InChI=1S/C25H24F3N3O3/c26-25(27,28)34-20-7-3-4-17(11-20)14-31-22-9-8-16(13-29)10-19(22)12-23(31)24(33)30-21(15-32)18-5-1-2-6-18/h3-4,7-12,18,21,32H,1-2,5-6,14-15H2,(H,30,33). The SMILES string of the molecule is N#Cc1ccc2c(c1)cc(C(=O)NC(CO)C1CCCC1)n2Cc1cccc(OC(F)(F)F)c1. The monoisotopic (exact) mass is 471 g/mol. The summed E-state index contributed by atoms with van der Waals surface area (Å²) in [6, 6.07) is 13.9. The molecule has 6 nitrogen and oxygen atoms in total. The third kappa shape index (κ3) is 5.34. The van der Waals surface area contributed by atoms with E-state index < -0.39 is 6.36 Å². The van der Waals surface area contributed by atoms with E-state index in [-0.39, 0.29) is 36.8 Å². The van der Waals surface area contributed by atoms with Crippen molar-refractivity contribution in [1.29, 1.82) is 5.26 Å². The Morgan fingerprint density at radius 3 is 2.65 bits per heavy atom. The van der Waals surface area contributed by atoms with Gasteiger partial charge in [-0.2, -0.15) is 5.26 Å². The van der Waals surface area contributed by atoms with Gasteiger partial charge in [-0.1, -0.05) is 25.0 Å². The molecule has 178 valence electrons. The number of ether oxygens (including phenoxy) is 1. The number of carbonyl (C=O) groups is 1. The Kier molecular flexibility index (Phi) is 6.80. The fourth-order valence-electron chi connectivity index (χ4n) is 4.64. The molecule has 1 fully saturated rings. The van der Waals surface area contributed by atoms with Crippen LogP contribution in [0.15, 0.2) is 48.5 Å². The van der Waals surface area contributed by atoms with Crippen LogP contribution in [0, 0.1) is 17.2 Å². The molecule has 0 saturated heterocycles. The molecule has 1 saturated carbocycles. The zero-order valence-corrected chi connectivity index (χ0v) is 18.3. The number of fused-ring (bicyclic) bond motifs is 1. The maximum absolute atomic E-state index is 13.3. The highest BCUT2D eigenvalue weighted by Gasteiger charge is 2.31. The predicted octanol–water partition coefficient (Wildman–Crippen LogP) is 4.74. The number of aromatic nitrogens is 1. The number of benzene rings is 2. The number of aliphatic hydroxyl groups excluding tert-OH is 1. The van der Waals surface area contributed by atoms with Gasteiger partial charge < -0.3 is 19.7 Å². The second kappa shape index (κ2) is 9.77. The van der Waals surface area contributed by atoms with Gasteiger partial charge in [0.2, 0.25) is 0 Å². The Labute approximate surface area is 194 Å². The summed E-state index contributed by atoms with van der Waals surface area (Å²) >= 11 is 0. The van der Waals surface area contributed by atoms with Gasteiger partial charge in [0.15, 0.2) is 0 Å². The maximum Gasteiger partial charge on any atom is 0.573 e. The van der Waals surface area contributed by atoms with Crippen molar-refractivity contribution in [2.75, 3.05) is 6.61 Å². The highest BCUT2D eigenvalue weighted by molar-refractivity contribution is 5.99. The molecule has 0 aliphatic heterocycles. The topological polar surface area (TPSA) is 87.3 Å². The van der Waals surface area contributed by atoms with Crippen LogP contribution in [0.25, 0.3) is 10.9 Å². The van der Waals surface area contributed by atoms with Crippen LogP contribution in [0.2, 0.25) is 0 Å². The van der Waals surface area contributed by atoms with Crippen LogP contribution in [-0.2, 0) is 6.54 Å². The molecule has 3 aromatic rings. The number of nitrogens with one attached hydrogen (secondary N) is 1. The Hall–Kier alpha value is -3.51. The van der Waals surface area contributed by atoms with Crippen LogP contribution in [-0.4, -0.2) is 34.6 Å². The number of carbonyl (C=O) groups excluding carboxylic acids is 1. The van der Waals surface area contributed by atoms with Crippen molar-refractivity contribution in [3.8, 4) is 11.8 Å². The Balaban J connectivity index is 1.69. The number of halogens is 3. The molecule has 1 unspecified atom stereocenters. The van der Waals surface area contributed by atoms with Crippen molar-refractivity contribution in [2.24, 2.45) is 5.92 Å². The molecule has 1 aromatic heterocycles. The van der Waals surface area contributed by atoms with Gasteiger partial charge in [-0.25, -0.2) is 0 Å². The van der Waals surface area contributed by atoms with Crippen molar-refractivity contribution < 1.29 is 27.8 Å². The van der Waals surface area contributed by atoms with Crippen molar-refractivity contribution in [3.05, 3.63) is 65.4 Å². The zero-order chi connectivity index (χ0) is 24.3. The average molecular weight is 471 g/mol. The molecule has 0 radical (unpaired) electrons. The second-order valence-corrected chi connectivity index (χ2v) is 8.50. The number of amides is 1. The highest BCUT2D eigenvalue weighted by atomic mass is 19.4. The van der Waals surface area contributed by atoms with E-state index in [1.165, 1.54) is 18.2 Å². The first kappa shape index (κ1) is 23.6. The number of hydrogen-bond donors (Lipinski definition) is 2. The molecule has 0 spiro atoms. The molecular weight excluding hydrogens is 447 g/mol. The summed E-state index contributed by atoms with van der Waals surface area (Å²) in [5, 5.41) is 22.7. The molecule has 1 aliphatic carbocycles. The van der Waals surface area contributed by atoms with Gasteiger partial charge in [0.25, 0.3) is 5.91 Å². The van der Waals surface area contributed by atoms with Crippen LogP contribution in [0.4, 0.5) is 13.2 Å². The summed E-state index contributed by atoms with van der Waals surface area (Å²) in [5.74, 6) is -0.530. The van der Waals surface area contributed by atoms with E-state index >= 15 is 0 Å². The number of rotatable bonds is 7. The molecule has 2 N–H and O–H groups in total. The first-order valence-electron chi connectivity index (χ1n) is 11.1. The summed E-state index contributed by atoms with van der Waals surface area (Å²) in [6.45, 7) is -0.0630. The fourth-order valence-corrected chi connectivity index (χ4v) is 4.64. The maximum atomic E-state index is 13.3. The number of nitrogens with zero attached hydrogens (tertiary/aromatic N) is 2. The molecule has 34 heavy (non-hydrogen) atoms. The van der Waals surface area contributed by atoms with Gasteiger partial charge >= 0.3 is 6.36 Å². The third-order valence-electron chi connectivity index (χ3n) is 6.22. The molecule has 1 heterocycles. The molecule has 2 aromatic carbocycles. The summed E-state index contributed by atoms with van der Waals surface area (Å²) in [4.78, 5) is 13.3. The number of hydrogen-bond acceptors (Lipinski definition) is 4. The van der Waals surface area contributed by atoms with E-state index in [2.05, 4.69) is 16.1 Å². The Morgan fingerprint density at radius 2 is 1.97 bits per heavy atom. The third-order valence-corrected chi connectivity index (χ3v) is 6.22. The summed E-state index contributed by atoms with van der Waals surface area (Å²) in [7, 11) is 0. The Morgan fingerprint density at radius 1 is 1.21 bits per heavy atom. The lowest BCUT2D eigenvalue weighted by Gasteiger charge is -2.23. The molecule has 9 heteroatoms. The molecule has 1 atom stereocenters. The smallest absolute Gasteiger partial charge is 0.406 e. The van der Waals surface area contributed by atoms with Gasteiger partial charge in [-0.3, -0.25) is 4.79 Å². The zero-order valence-electron chi connectivity index (χ0n) is 18.3. The number of aliphatic hydroxyl groups is 1. The van der Waals surface area contributed by atoms with Gasteiger partial charge in [0, 0.05) is 17.4 Å². The number of alkyl halides is 3. The largest absolute Gasteiger partial charge is 0.573 e. The van der Waals surface area contributed by atoms with E-state index in [0.29, 0.717) is 27.7 Å². The molecular formula is C25H24F3N3O3. The molecule has 4 rings (SSSR count). The van der Waals surface area contributed by atoms with Gasteiger partial charge in [-0.15, -0.1) is 13.2 Å². The van der Waals surface area contributed by atoms with Gasteiger partial charge in [0.1, 0.15) is 11.4 Å². The minimum Gasteiger partial charge on any atom is -0.406 e. The van der Waals surface area contributed by atoms with Crippen LogP contribution < -0.4 is 10.1 Å². The van der Waals surface area contributed by atoms with E-state index in [1.54, 1.807) is 34.9 Å². The van der Waals surface area contributed by atoms with Crippen molar-refractivity contribution in [2.45, 2.75) is 44.6 Å². The average Bonchev–Trinajstić information content (AvgIpc) is 3.45. The molecule has 0 bridgehead atoms. The fraction of sp³-hybridized carbons (Fsp3) is 0.360. The van der Waals surface area contributed by atoms with Gasteiger partial charge in [-0.05, 0) is 60.7 Å². The lowest BCUT2D eigenvalue weighted by atomic mass is 9.98. The van der Waals surface area contributed by atoms with E-state index in [4.69, 9.17) is 0 Å². The van der Waals surface area contributed by atoms with Crippen LogP contribution in [0.3, 0.4) is 0 Å². The second-order valence-electron chi connectivity index (χ2n) is 8.50. The lowest BCUT2D eigenvalue weighted by molar-refractivity contribution is -0.274. The van der Waals surface area contributed by atoms with E-state index in [9.17, 15) is 28.3 Å². The quantitative estimate of drug-likeness (QED) is 0.521. The predicted molar refractivity (Wildman–Crippen MR) is 119 cm³/mol. The highest BCUT2D eigenvalue weighted by Crippen LogP contribution is 2.29. The molecule has 1 aliphatic rings. The summed E-state index contributed by atoms with van der Waals surface area (Å²) in [6.07, 6.45) is -0.815.